The summed E-state index contributed by atoms with van der Waals surface area (Å²) in [6.07, 6.45) is 8.19. The second-order valence-electron chi connectivity index (χ2n) is 9.61. The summed E-state index contributed by atoms with van der Waals surface area (Å²) < 4.78 is 11.8. The van der Waals surface area contributed by atoms with Gasteiger partial charge < -0.3 is 19.5 Å². The Balaban J connectivity index is 1.47. The van der Waals surface area contributed by atoms with Gasteiger partial charge in [0, 0.05) is 24.3 Å². The van der Waals surface area contributed by atoms with Crippen molar-refractivity contribution in [2.24, 2.45) is 5.92 Å². The number of rotatable bonds is 7. The molecule has 0 aromatic carbocycles. The Kier molecular flexibility index (Phi) is 7.83. The summed E-state index contributed by atoms with van der Waals surface area (Å²) in [5, 5.41) is 9.34. The van der Waals surface area contributed by atoms with Gasteiger partial charge in [-0.1, -0.05) is 12.8 Å². The molecule has 2 fully saturated rings. The molecule has 9 heteroatoms. The lowest BCUT2D eigenvalue weighted by atomic mass is 9.87. The van der Waals surface area contributed by atoms with E-state index < -0.39 is 5.97 Å². The summed E-state index contributed by atoms with van der Waals surface area (Å²) in [6.45, 7) is 3.79. The Morgan fingerprint density at radius 2 is 1.83 bits per heavy atom. The standard InChI is InChI=1S/C26H34N4O5/c1-16-21(14-34-26(33)30(3)19-8-4-5-9-19)24(28-15-27-16)22-11-12-23(17(2)29-22)35-20-10-6-7-18(13-20)25(31)32/h11-12,15,18-20H,4-10,13-14H2,1-3H3,(H,31,32)/t18-,20-/m0/s1. The summed E-state index contributed by atoms with van der Waals surface area (Å²) in [7, 11) is 1.79. The smallest absolute Gasteiger partial charge is 0.410 e. The number of hydrogen-bond acceptors (Lipinski definition) is 7. The molecule has 0 unspecified atom stereocenters. The number of carbonyl (C=O) groups is 2. The van der Waals surface area contributed by atoms with Gasteiger partial charge in [-0.15, -0.1) is 0 Å². The Bertz CT molecular complexity index is 1070. The van der Waals surface area contributed by atoms with Crippen molar-refractivity contribution in [1.29, 1.82) is 0 Å². The van der Waals surface area contributed by atoms with Gasteiger partial charge in [0.1, 0.15) is 18.7 Å². The first-order chi connectivity index (χ1) is 16.8. The summed E-state index contributed by atoms with van der Waals surface area (Å²) in [5.41, 5.74) is 3.40. The fraction of sp³-hybridized carbons (Fsp3) is 0.577. The molecule has 188 valence electrons. The predicted octanol–water partition coefficient (Wildman–Crippen LogP) is 4.69. The van der Waals surface area contributed by atoms with Gasteiger partial charge in [0.15, 0.2) is 0 Å². The highest BCUT2D eigenvalue weighted by atomic mass is 16.6. The number of carboxylic acid groups (broad SMARTS) is 1. The van der Waals surface area contributed by atoms with Crippen molar-refractivity contribution in [1.82, 2.24) is 19.9 Å². The van der Waals surface area contributed by atoms with Crippen LogP contribution in [0.3, 0.4) is 0 Å². The first-order valence-electron chi connectivity index (χ1n) is 12.4. The monoisotopic (exact) mass is 482 g/mol. The van der Waals surface area contributed by atoms with Gasteiger partial charge in [-0.3, -0.25) is 4.79 Å². The molecule has 9 nitrogen and oxygen atoms in total. The van der Waals surface area contributed by atoms with Crippen LogP contribution in [0, 0.1) is 19.8 Å². The number of ether oxygens (including phenoxy) is 2. The van der Waals surface area contributed by atoms with Gasteiger partial charge in [0.05, 0.1) is 29.1 Å². The van der Waals surface area contributed by atoms with Crippen molar-refractivity contribution in [3.8, 4) is 17.1 Å². The highest BCUT2D eigenvalue weighted by molar-refractivity contribution is 5.70. The third-order valence-corrected chi connectivity index (χ3v) is 7.21. The van der Waals surface area contributed by atoms with Gasteiger partial charge >= 0.3 is 12.1 Å². The van der Waals surface area contributed by atoms with E-state index in [-0.39, 0.29) is 30.8 Å². The minimum absolute atomic E-state index is 0.0650. The molecule has 2 aromatic heterocycles. The van der Waals surface area contributed by atoms with E-state index in [2.05, 4.69) is 9.97 Å². The molecule has 1 N–H and O–H groups in total. The van der Waals surface area contributed by atoms with E-state index in [4.69, 9.17) is 14.5 Å². The first kappa shape index (κ1) is 24.9. The van der Waals surface area contributed by atoms with Crippen LogP contribution in [-0.4, -0.2) is 56.2 Å². The normalized spacial score (nSPS) is 20.4. The topological polar surface area (TPSA) is 115 Å². The second kappa shape index (κ2) is 11.0. The molecule has 2 aromatic rings. The van der Waals surface area contributed by atoms with E-state index in [1.54, 1.807) is 11.9 Å². The van der Waals surface area contributed by atoms with E-state index in [1.165, 1.54) is 6.33 Å². The summed E-state index contributed by atoms with van der Waals surface area (Å²) in [5.74, 6) is -0.477. The van der Waals surface area contributed by atoms with E-state index in [0.717, 1.165) is 49.8 Å². The molecule has 2 atom stereocenters. The number of aryl methyl sites for hydroxylation is 2. The lowest BCUT2D eigenvalue weighted by Gasteiger charge is -2.27. The number of carbonyl (C=O) groups excluding carboxylic acids is 1. The minimum atomic E-state index is -0.759. The highest BCUT2D eigenvalue weighted by Crippen LogP contribution is 2.31. The fourth-order valence-electron chi connectivity index (χ4n) is 5.03. The molecule has 2 aliphatic rings. The average molecular weight is 483 g/mol. The number of pyridine rings is 1. The zero-order valence-electron chi connectivity index (χ0n) is 20.7. The van der Waals surface area contributed by atoms with Crippen LogP contribution in [0.1, 0.15) is 68.3 Å². The van der Waals surface area contributed by atoms with Crippen molar-refractivity contribution in [2.45, 2.75) is 84.0 Å². The molecule has 2 heterocycles. The Morgan fingerprint density at radius 1 is 1.06 bits per heavy atom. The minimum Gasteiger partial charge on any atom is -0.489 e. The van der Waals surface area contributed by atoms with Crippen LogP contribution in [0.5, 0.6) is 5.75 Å². The molecular weight excluding hydrogens is 448 g/mol. The van der Waals surface area contributed by atoms with Crippen LogP contribution in [0.25, 0.3) is 11.4 Å². The van der Waals surface area contributed by atoms with Gasteiger partial charge in [-0.2, -0.15) is 0 Å². The fourth-order valence-corrected chi connectivity index (χ4v) is 5.03. The third kappa shape index (κ3) is 5.89. The molecule has 0 bridgehead atoms. The van der Waals surface area contributed by atoms with Crippen molar-refractivity contribution >= 4 is 12.1 Å². The van der Waals surface area contributed by atoms with Crippen LogP contribution in [0.2, 0.25) is 0 Å². The maximum atomic E-state index is 12.6. The average Bonchev–Trinajstić information content (AvgIpc) is 3.39. The van der Waals surface area contributed by atoms with E-state index in [0.29, 0.717) is 35.7 Å². The molecule has 4 rings (SSSR count). The molecule has 0 saturated heterocycles. The SMILES string of the molecule is Cc1nc(-c2ncnc(C)c2COC(=O)N(C)C2CCCC2)ccc1O[C@H]1CCC[C@H](C(=O)O)C1. The largest absolute Gasteiger partial charge is 0.489 e. The number of aliphatic carboxylic acids is 1. The molecular formula is C26H34N4O5. The van der Waals surface area contributed by atoms with Crippen LogP contribution < -0.4 is 4.74 Å². The molecule has 0 aliphatic heterocycles. The quantitative estimate of drug-likeness (QED) is 0.604. The lowest BCUT2D eigenvalue weighted by molar-refractivity contribution is -0.143. The molecule has 35 heavy (non-hydrogen) atoms. The molecule has 0 spiro atoms. The van der Waals surface area contributed by atoms with Crippen LogP contribution >= 0.6 is 0 Å². The third-order valence-electron chi connectivity index (χ3n) is 7.21. The highest BCUT2D eigenvalue weighted by Gasteiger charge is 2.29. The molecule has 1 amide bonds. The number of aromatic nitrogens is 3. The van der Waals surface area contributed by atoms with E-state index in [9.17, 15) is 14.7 Å². The van der Waals surface area contributed by atoms with Crippen LogP contribution in [0.15, 0.2) is 18.5 Å². The number of carboxylic acids is 1. The first-order valence-corrected chi connectivity index (χ1v) is 12.4. The van der Waals surface area contributed by atoms with E-state index >= 15 is 0 Å². The Hall–Kier alpha value is -3.23. The van der Waals surface area contributed by atoms with Crippen molar-refractivity contribution < 1.29 is 24.2 Å². The number of hydrogen-bond donors (Lipinski definition) is 1. The summed E-state index contributed by atoms with van der Waals surface area (Å²) in [4.78, 5) is 39.1. The summed E-state index contributed by atoms with van der Waals surface area (Å²) in [6, 6.07) is 3.92. The van der Waals surface area contributed by atoms with Gasteiger partial charge in [-0.05, 0) is 64.5 Å². The summed E-state index contributed by atoms with van der Waals surface area (Å²) >= 11 is 0. The van der Waals surface area contributed by atoms with Crippen molar-refractivity contribution in [3.05, 3.63) is 35.4 Å². The maximum absolute atomic E-state index is 12.6. The maximum Gasteiger partial charge on any atom is 0.410 e. The molecule has 2 saturated carbocycles. The Morgan fingerprint density at radius 3 is 2.54 bits per heavy atom. The second-order valence-corrected chi connectivity index (χ2v) is 9.61. The van der Waals surface area contributed by atoms with Crippen molar-refractivity contribution in [3.63, 3.8) is 0 Å². The van der Waals surface area contributed by atoms with Crippen LogP contribution in [0.4, 0.5) is 4.79 Å². The zero-order valence-corrected chi connectivity index (χ0v) is 20.7. The van der Waals surface area contributed by atoms with Crippen molar-refractivity contribution in [2.75, 3.05) is 7.05 Å². The van der Waals surface area contributed by atoms with E-state index in [1.807, 2.05) is 26.0 Å². The Labute approximate surface area is 205 Å². The number of nitrogens with zero attached hydrogens (tertiary/aromatic N) is 4. The zero-order chi connectivity index (χ0) is 24.9. The van der Waals surface area contributed by atoms with Crippen LogP contribution in [-0.2, 0) is 16.1 Å². The molecule has 2 aliphatic carbocycles. The van der Waals surface area contributed by atoms with Gasteiger partial charge in [0.2, 0.25) is 0 Å². The predicted molar refractivity (Wildman–Crippen MR) is 129 cm³/mol. The lowest BCUT2D eigenvalue weighted by Crippen LogP contribution is -2.35. The van der Waals surface area contributed by atoms with Gasteiger partial charge in [0.25, 0.3) is 0 Å². The number of amides is 1. The van der Waals surface area contributed by atoms with Gasteiger partial charge in [-0.25, -0.2) is 19.7 Å². The molecule has 0 radical (unpaired) electrons.